The number of H-pyrrole nitrogens is 1. The summed E-state index contributed by atoms with van der Waals surface area (Å²) in [6, 6.07) is 2.36. The second-order valence-electron chi connectivity index (χ2n) is 6.02. The molecule has 7 heteroatoms. The Kier molecular flexibility index (Phi) is 5.43. The minimum absolute atomic E-state index is 0.306. The van der Waals surface area contributed by atoms with Crippen LogP contribution in [0.15, 0.2) is 17.2 Å². The van der Waals surface area contributed by atoms with Gasteiger partial charge in [-0.1, -0.05) is 13.8 Å². The van der Waals surface area contributed by atoms with Crippen molar-refractivity contribution in [3.8, 4) is 0 Å². The maximum atomic E-state index is 12.3. The highest BCUT2D eigenvalue weighted by molar-refractivity contribution is 7.89. The van der Waals surface area contributed by atoms with Crippen molar-refractivity contribution >= 4 is 10.0 Å². The van der Waals surface area contributed by atoms with Gasteiger partial charge in [-0.2, -0.15) is 0 Å². The molecule has 0 bridgehead atoms. The van der Waals surface area contributed by atoms with E-state index in [1.165, 1.54) is 0 Å². The average Bonchev–Trinajstić information content (AvgIpc) is 3.03. The van der Waals surface area contributed by atoms with Crippen LogP contribution in [0.2, 0.25) is 0 Å². The highest BCUT2D eigenvalue weighted by Crippen LogP contribution is 2.15. The van der Waals surface area contributed by atoms with Crippen molar-refractivity contribution in [1.29, 1.82) is 0 Å². The first-order valence-electron chi connectivity index (χ1n) is 7.49. The fourth-order valence-corrected chi connectivity index (χ4v) is 3.61. The minimum Gasteiger partial charge on any atom is -0.363 e. The Bertz CT molecular complexity index is 553. The third kappa shape index (κ3) is 4.54. The van der Waals surface area contributed by atoms with Gasteiger partial charge in [0.25, 0.3) is 0 Å². The van der Waals surface area contributed by atoms with Gasteiger partial charge in [0.15, 0.2) is 0 Å². The molecule has 0 aliphatic carbocycles. The van der Waals surface area contributed by atoms with Gasteiger partial charge >= 0.3 is 0 Å². The fourth-order valence-electron chi connectivity index (χ4n) is 2.52. The van der Waals surface area contributed by atoms with Crippen LogP contribution in [0, 0.1) is 0 Å². The highest BCUT2D eigenvalue weighted by Gasteiger charge is 2.23. The molecule has 0 aromatic carbocycles. The molecular weight excluding hydrogens is 288 g/mol. The molecule has 1 aliphatic rings. The molecule has 2 rings (SSSR count). The van der Waals surface area contributed by atoms with Gasteiger partial charge in [0.1, 0.15) is 0 Å². The second-order valence-corrected chi connectivity index (χ2v) is 7.79. The predicted octanol–water partition coefficient (Wildman–Crippen LogP) is 0.885. The maximum absolute atomic E-state index is 12.3. The standard InChI is InChI=1S/C14H26N4O2S/c1-11(2)15-8-12-7-14(10-16-12)21(19,20)17-9-13-5-4-6-18(13)3/h7,10-11,13,15-17H,4-6,8-9H2,1-3H3. The molecule has 0 radical (unpaired) electrons. The quantitative estimate of drug-likeness (QED) is 0.698. The van der Waals surface area contributed by atoms with E-state index in [1.807, 2.05) is 7.05 Å². The van der Waals surface area contributed by atoms with Gasteiger partial charge in [-0.25, -0.2) is 13.1 Å². The summed E-state index contributed by atoms with van der Waals surface area (Å²) in [6.45, 7) is 6.27. The topological polar surface area (TPSA) is 77.2 Å². The lowest BCUT2D eigenvalue weighted by molar-refractivity contribution is 0.311. The largest absolute Gasteiger partial charge is 0.363 e. The zero-order valence-electron chi connectivity index (χ0n) is 13.0. The molecule has 0 spiro atoms. The van der Waals surface area contributed by atoms with E-state index in [9.17, 15) is 8.42 Å². The van der Waals surface area contributed by atoms with Crippen LogP contribution in [0.3, 0.4) is 0 Å². The lowest BCUT2D eigenvalue weighted by atomic mass is 10.2. The Morgan fingerprint density at radius 3 is 2.86 bits per heavy atom. The summed E-state index contributed by atoms with van der Waals surface area (Å²) in [5.74, 6) is 0. The molecule has 21 heavy (non-hydrogen) atoms. The van der Waals surface area contributed by atoms with E-state index in [4.69, 9.17) is 0 Å². The van der Waals surface area contributed by atoms with Gasteiger partial charge < -0.3 is 15.2 Å². The Balaban J connectivity index is 1.92. The molecule has 0 saturated carbocycles. The van der Waals surface area contributed by atoms with E-state index >= 15 is 0 Å². The van der Waals surface area contributed by atoms with Crippen LogP contribution in [-0.4, -0.2) is 50.5 Å². The summed E-state index contributed by atoms with van der Waals surface area (Å²) in [6.07, 6.45) is 3.74. The number of likely N-dealkylation sites (tertiary alicyclic amines) is 1. The van der Waals surface area contributed by atoms with Crippen LogP contribution in [0.4, 0.5) is 0 Å². The average molecular weight is 314 g/mol. The highest BCUT2D eigenvalue weighted by atomic mass is 32.2. The van der Waals surface area contributed by atoms with Crippen molar-refractivity contribution in [2.24, 2.45) is 0 Å². The molecule has 1 fully saturated rings. The molecule has 1 unspecified atom stereocenters. The van der Waals surface area contributed by atoms with Crippen LogP contribution < -0.4 is 10.0 Å². The number of aromatic amines is 1. The van der Waals surface area contributed by atoms with E-state index in [0.717, 1.165) is 25.1 Å². The van der Waals surface area contributed by atoms with Gasteiger partial charge in [0.05, 0.1) is 4.90 Å². The Morgan fingerprint density at radius 2 is 2.24 bits per heavy atom. The summed E-state index contributed by atoms with van der Waals surface area (Å²) >= 11 is 0. The molecule has 2 heterocycles. The number of sulfonamides is 1. The van der Waals surface area contributed by atoms with Gasteiger partial charge in [-0.05, 0) is 32.5 Å². The lowest BCUT2D eigenvalue weighted by Crippen LogP contribution is -2.38. The number of nitrogens with zero attached hydrogens (tertiary/aromatic N) is 1. The van der Waals surface area contributed by atoms with E-state index in [-0.39, 0.29) is 0 Å². The number of hydrogen-bond acceptors (Lipinski definition) is 4. The molecule has 1 saturated heterocycles. The Labute approximate surface area is 127 Å². The van der Waals surface area contributed by atoms with Crippen LogP contribution in [0.1, 0.15) is 32.4 Å². The molecule has 1 aliphatic heterocycles. The van der Waals surface area contributed by atoms with Crippen molar-refractivity contribution in [3.63, 3.8) is 0 Å². The summed E-state index contributed by atoms with van der Waals surface area (Å²) in [7, 11) is -1.38. The number of rotatable bonds is 7. The van der Waals surface area contributed by atoms with Crippen LogP contribution in [0.5, 0.6) is 0 Å². The van der Waals surface area contributed by atoms with E-state index < -0.39 is 10.0 Å². The zero-order chi connectivity index (χ0) is 15.5. The fraction of sp³-hybridized carbons (Fsp3) is 0.714. The molecule has 120 valence electrons. The summed E-state index contributed by atoms with van der Waals surface area (Å²) in [4.78, 5) is 5.53. The number of hydrogen-bond donors (Lipinski definition) is 3. The Morgan fingerprint density at radius 1 is 1.48 bits per heavy atom. The summed E-state index contributed by atoms with van der Waals surface area (Å²) in [5.41, 5.74) is 0.877. The molecular formula is C14H26N4O2S. The Hall–Kier alpha value is -0.890. The van der Waals surface area contributed by atoms with Crippen molar-refractivity contribution in [3.05, 3.63) is 18.0 Å². The molecule has 0 amide bonds. The maximum Gasteiger partial charge on any atom is 0.242 e. The predicted molar refractivity (Wildman–Crippen MR) is 83.6 cm³/mol. The summed E-state index contributed by atoms with van der Waals surface area (Å²) in [5, 5.41) is 3.26. The van der Waals surface area contributed by atoms with E-state index in [2.05, 4.69) is 33.8 Å². The van der Waals surface area contributed by atoms with Crippen molar-refractivity contribution in [2.45, 2.75) is 50.2 Å². The van der Waals surface area contributed by atoms with Crippen molar-refractivity contribution < 1.29 is 8.42 Å². The SMILES string of the molecule is CC(C)NCc1cc(S(=O)(=O)NCC2CCCN2C)c[nH]1. The first-order chi connectivity index (χ1) is 9.88. The van der Waals surface area contributed by atoms with Gasteiger partial charge in [-0.15, -0.1) is 0 Å². The smallest absolute Gasteiger partial charge is 0.242 e. The first-order valence-corrected chi connectivity index (χ1v) is 8.97. The van der Waals surface area contributed by atoms with Crippen molar-refractivity contribution in [2.75, 3.05) is 20.1 Å². The van der Waals surface area contributed by atoms with Gasteiger partial charge in [0.2, 0.25) is 10.0 Å². The third-order valence-corrected chi connectivity index (χ3v) is 5.31. The molecule has 3 N–H and O–H groups in total. The van der Waals surface area contributed by atoms with Gasteiger partial charge in [-0.3, -0.25) is 0 Å². The minimum atomic E-state index is -3.42. The second kappa shape index (κ2) is 6.91. The normalized spacial score (nSPS) is 20.5. The number of likely N-dealkylation sites (N-methyl/N-ethyl adjacent to an activating group) is 1. The van der Waals surface area contributed by atoms with Crippen LogP contribution in [-0.2, 0) is 16.6 Å². The molecule has 1 aromatic heterocycles. The zero-order valence-corrected chi connectivity index (χ0v) is 13.8. The number of aromatic nitrogens is 1. The lowest BCUT2D eigenvalue weighted by Gasteiger charge is -2.19. The van der Waals surface area contributed by atoms with Crippen molar-refractivity contribution in [1.82, 2.24) is 19.9 Å². The molecule has 1 atom stereocenters. The third-order valence-electron chi connectivity index (χ3n) is 3.91. The van der Waals surface area contributed by atoms with E-state index in [0.29, 0.717) is 30.1 Å². The van der Waals surface area contributed by atoms with Crippen LogP contribution >= 0.6 is 0 Å². The first kappa shape index (κ1) is 16.5. The van der Waals surface area contributed by atoms with Gasteiger partial charge in [0, 0.05) is 37.1 Å². The van der Waals surface area contributed by atoms with Crippen LogP contribution in [0.25, 0.3) is 0 Å². The monoisotopic (exact) mass is 314 g/mol. The van der Waals surface area contributed by atoms with E-state index in [1.54, 1.807) is 12.3 Å². The summed E-state index contributed by atoms with van der Waals surface area (Å²) < 4.78 is 27.3. The number of nitrogens with one attached hydrogen (secondary N) is 3. The molecule has 1 aromatic rings. The molecule has 6 nitrogen and oxygen atoms in total.